The molecule has 1 saturated heterocycles. The van der Waals surface area contributed by atoms with E-state index in [2.05, 4.69) is 53.7 Å². The lowest BCUT2D eigenvalue weighted by Gasteiger charge is -2.37. The molecule has 1 aromatic rings. The Morgan fingerprint density at radius 3 is 2.88 bits per heavy atom. The molecule has 1 aromatic carbocycles. The van der Waals surface area contributed by atoms with Gasteiger partial charge < -0.3 is 5.32 Å². The molecule has 0 aromatic heterocycles. The lowest BCUT2D eigenvalue weighted by molar-refractivity contribution is 0.165. The van der Waals surface area contributed by atoms with E-state index >= 15 is 0 Å². The van der Waals surface area contributed by atoms with Crippen LogP contribution in [0.3, 0.4) is 0 Å². The number of nitrogens with zero attached hydrogens (tertiary/aromatic N) is 1. The molecule has 2 atom stereocenters. The third-order valence-corrected chi connectivity index (χ3v) is 4.26. The second-order valence-corrected chi connectivity index (χ2v) is 5.63. The number of thioether (sulfide) groups is 1. The first-order valence-corrected chi connectivity index (χ1v) is 7.72. The fraction of sp³-hybridized carbons (Fsp3) is 0.571. The highest BCUT2D eigenvalue weighted by Gasteiger charge is 2.23. The first-order chi connectivity index (χ1) is 8.31. The van der Waals surface area contributed by atoms with Crippen molar-refractivity contribution in [2.45, 2.75) is 19.0 Å². The minimum atomic E-state index is 0.495. The van der Waals surface area contributed by atoms with Crippen LogP contribution in [0.25, 0.3) is 0 Å². The molecule has 17 heavy (non-hydrogen) atoms. The highest BCUT2D eigenvalue weighted by atomic mass is 32.2. The van der Waals surface area contributed by atoms with Gasteiger partial charge in [-0.1, -0.05) is 30.3 Å². The molecular weight excluding hydrogens is 228 g/mol. The molecule has 94 valence electrons. The summed E-state index contributed by atoms with van der Waals surface area (Å²) in [5.74, 6) is 1.22. The molecule has 2 nitrogen and oxygen atoms in total. The second-order valence-electron chi connectivity index (χ2n) is 4.72. The predicted molar refractivity (Wildman–Crippen MR) is 76.6 cm³/mol. The molecule has 2 unspecified atom stereocenters. The zero-order chi connectivity index (χ0) is 12.1. The van der Waals surface area contributed by atoms with Crippen molar-refractivity contribution >= 4 is 11.8 Å². The number of piperazine rings is 1. The van der Waals surface area contributed by atoms with Crippen LogP contribution in [0.5, 0.6) is 0 Å². The Hall–Kier alpha value is -0.510. The van der Waals surface area contributed by atoms with Gasteiger partial charge in [0.15, 0.2) is 0 Å². The number of nitrogens with one attached hydrogen (secondary N) is 1. The van der Waals surface area contributed by atoms with Crippen LogP contribution in [0, 0.1) is 0 Å². The molecule has 2 rings (SSSR count). The Labute approximate surface area is 109 Å². The number of benzene rings is 1. The lowest BCUT2D eigenvalue weighted by atomic mass is 10.0. The standard InChI is InChI=1S/C14H22N2S/c1-12(11-17-2)16-9-8-15-14(10-16)13-6-4-3-5-7-13/h3-7,12,14-15H,8-11H2,1-2H3. The Morgan fingerprint density at radius 1 is 1.41 bits per heavy atom. The topological polar surface area (TPSA) is 15.3 Å². The van der Waals surface area contributed by atoms with Crippen LogP contribution in [-0.2, 0) is 0 Å². The zero-order valence-corrected chi connectivity index (χ0v) is 11.5. The van der Waals surface area contributed by atoms with E-state index in [-0.39, 0.29) is 0 Å². The van der Waals surface area contributed by atoms with Gasteiger partial charge in [-0.05, 0) is 18.7 Å². The van der Waals surface area contributed by atoms with Crippen LogP contribution in [0.15, 0.2) is 30.3 Å². The van der Waals surface area contributed by atoms with Crippen molar-refractivity contribution in [2.24, 2.45) is 0 Å². The molecule has 0 saturated carbocycles. The van der Waals surface area contributed by atoms with Gasteiger partial charge in [0.2, 0.25) is 0 Å². The highest BCUT2D eigenvalue weighted by Crippen LogP contribution is 2.19. The molecule has 3 heteroatoms. The van der Waals surface area contributed by atoms with Gasteiger partial charge in [-0.2, -0.15) is 11.8 Å². The molecule has 0 spiro atoms. The lowest BCUT2D eigenvalue weighted by Crippen LogP contribution is -2.49. The van der Waals surface area contributed by atoms with E-state index in [4.69, 9.17) is 0 Å². The van der Waals surface area contributed by atoms with Crippen molar-refractivity contribution < 1.29 is 0 Å². The van der Waals surface area contributed by atoms with Gasteiger partial charge in [0, 0.05) is 37.5 Å². The van der Waals surface area contributed by atoms with Gasteiger partial charge in [0.1, 0.15) is 0 Å². The molecule has 1 aliphatic rings. The van der Waals surface area contributed by atoms with Crippen LogP contribution >= 0.6 is 11.8 Å². The van der Waals surface area contributed by atoms with E-state index in [0.717, 1.165) is 13.1 Å². The minimum absolute atomic E-state index is 0.495. The summed E-state index contributed by atoms with van der Waals surface area (Å²) in [6.45, 7) is 5.74. The van der Waals surface area contributed by atoms with Gasteiger partial charge in [0.05, 0.1) is 0 Å². The van der Waals surface area contributed by atoms with Gasteiger partial charge in [-0.15, -0.1) is 0 Å². The van der Waals surface area contributed by atoms with E-state index < -0.39 is 0 Å². The van der Waals surface area contributed by atoms with Crippen LogP contribution < -0.4 is 5.32 Å². The van der Waals surface area contributed by atoms with Crippen LogP contribution in [0.4, 0.5) is 0 Å². The Kier molecular flexibility index (Phi) is 4.89. The van der Waals surface area contributed by atoms with Crippen LogP contribution in [0.2, 0.25) is 0 Å². The van der Waals surface area contributed by atoms with E-state index in [1.807, 2.05) is 11.8 Å². The molecular formula is C14H22N2S. The fourth-order valence-electron chi connectivity index (χ4n) is 2.43. The number of hydrogen-bond acceptors (Lipinski definition) is 3. The van der Waals surface area contributed by atoms with Crippen molar-refractivity contribution in [3.63, 3.8) is 0 Å². The van der Waals surface area contributed by atoms with Gasteiger partial charge in [-0.3, -0.25) is 4.90 Å². The Bertz CT molecular complexity index is 328. The summed E-state index contributed by atoms with van der Waals surface area (Å²) in [4.78, 5) is 2.60. The third-order valence-electron chi connectivity index (χ3n) is 3.44. The predicted octanol–water partition coefficient (Wildman–Crippen LogP) is 2.38. The van der Waals surface area contributed by atoms with Crippen LogP contribution in [-0.4, -0.2) is 42.6 Å². The summed E-state index contributed by atoms with van der Waals surface area (Å²) in [6, 6.07) is 12.0. The molecule has 1 fully saturated rings. The molecule has 0 bridgehead atoms. The summed E-state index contributed by atoms with van der Waals surface area (Å²) in [6.07, 6.45) is 2.19. The summed E-state index contributed by atoms with van der Waals surface area (Å²) in [5.41, 5.74) is 1.41. The second kappa shape index (κ2) is 6.43. The van der Waals surface area contributed by atoms with E-state index in [1.165, 1.54) is 17.9 Å². The SMILES string of the molecule is CSCC(C)N1CCNC(c2ccccc2)C1. The smallest absolute Gasteiger partial charge is 0.0449 e. The molecule has 0 amide bonds. The number of rotatable bonds is 4. The van der Waals surface area contributed by atoms with Crippen molar-refractivity contribution in [1.29, 1.82) is 0 Å². The van der Waals surface area contributed by atoms with Gasteiger partial charge in [-0.25, -0.2) is 0 Å². The molecule has 1 heterocycles. The minimum Gasteiger partial charge on any atom is -0.308 e. The third kappa shape index (κ3) is 3.47. The quantitative estimate of drug-likeness (QED) is 0.883. The molecule has 1 N–H and O–H groups in total. The average Bonchev–Trinajstić information content (AvgIpc) is 2.40. The molecule has 1 aliphatic heterocycles. The molecule has 0 radical (unpaired) electrons. The normalized spacial score (nSPS) is 23.5. The Morgan fingerprint density at radius 2 is 2.18 bits per heavy atom. The fourth-order valence-corrected chi connectivity index (χ4v) is 3.12. The summed E-state index contributed by atoms with van der Waals surface area (Å²) in [5, 5.41) is 3.61. The van der Waals surface area contributed by atoms with E-state index in [1.54, 1.807) is 0 Å². The summed E-state index contributed by atoms with van der Waals surface area (Å²) in [7, 11) is 0. The number of hydrogen-bond donors (Lipinski definition) is 1. The zero-order valence-electron chi connectivity index (χ0n) is 10.7. The summed E-state index contributed by atoms with van der Waals surface area (Å²) >= 11 is 1.94. The van der Waals surface area contributed by atoms with Gasteiger partial charge >= 0.3 is 0 Å². The average molecular weight is 250 g/mol. The Balaban J connectivity index is 1.97. The first-order valence-electron chi connectivity index (χ1n) is 6.32. The van der Waals surface area contributed by atoms with Gasteiger partial charge in [0.25, 0.3) is 0 Å². The van der Waals surface area contributed by atoms with E-state index in [0.29, 0.717) is 12.1 Å². The largest absolute Gasteiger partial charge is 0.308 e. The first kappa shape index (κ1) is 12.9. The maximum absolute atomic E-state index is 3.61. The van der Waals surface area contributed by atoms with E-state index in [9.17, 15) is 0 Å². The van der Waals surface area contributed by atoms with Crippen molar-refractivity contribution in [3.8, 4) is 0 Å². The van der Waals surface area contributed by atoms with Crippen LogP contribution in [0.1, 0.15) is 18.5 Å². The monoisotopic (exact) mass is 250 g/mol. The van der Waals surface area contributed by atoms with Crippen molar-refractivity contribution in [1.82, 2.24) is 10.2 Å². The molecule has 0 aliphatic carbocycles. The maximum atomic E-state index is 3.61. The van der Waals surface area contributed by atoms with Crippen molar-refractivity contribution in [2.75, 3.05) is 31.6 Å². The maximum Gasteiger partial charge on any atom is 0.0449 e. The van der Waals surface area contributed by atoms with Crippen molar-refractivity contribution in [3.05, 3.63) is 35.9 Å². The summed E-state index contributed by atoms with van der Waals surface area (Å²) < 4.78 is 0. The highest BCUT2D eigenvalue weighted by molar-refractivity contribution is 7.98.